The molecular weight excluding hydrogens is 386 g/mol. The van der Waals surface area contributed by atoms with Gasteiger partial charge in [-0.1, -0.05) is 30.4 Å². The smallest absolute Gasteiger partial charge is 0.285 e. The summed E-state index contributed by atoms with van der Waals surface area (Å²) < 4.78 is 28.7. The van der Waals surface area contributed by atoms with Gasteiger partial charge in [-0.3, -0.25) is 10.1 Å². The van der Waals surface area contributed by atoms with Crippen LogP contribution >= 0.6 is 11.3 Å². The van der Waals surface area contributed by atoms with Crippen molar-refractivity contribution >= 4 is 38.2 Å². The highest BCUT2D eigenvalue weighted by atomic mass is 32.2. The van der Waals surface area contributed by atoms with Crippen LogP contribution in [0.5, 0.6) is 0 Å². The van der Waals surface area contributed by atoms with Crippen molar-refractivity contribution in [2.75, 3.05) is 11.9 Å². The summed E-state index contributed by atoms with van der Waals surface area (Å²) in [4.78, 5) is 14.9. The number of nitrogens with zero attached hydrogens (tertiary/aromatic N) is 4. The van der Waals surface area contributed by atoms with Gasteiger partial charge in [0, 0.05) is 12.1 Å². The molecule has 142 valence electrons. The molecule has 1 unspecified atom stereocenters. The van der Waals surface area contributed by atoms with Crippen LogP contribution in [0.1, 0.15) is 36.8 Å². The predicted octanol–water partition coefficient (Wildman–Crippen LogP) is 2.04. The average molecular weight is 406 g/mol. The Hall–Kier alpha value is -2.33. The zero-order chi connectivity index (χ0) is 19.0. The van der Waals surface area contributed by atoms with E-state index in [1.807, 2.05) is 11.8 Å². The summed E-state index contributed by atoms with van der Waals surface area (Å²) in [6, 6.07) is 6.25. The third kappa shape index (κ3) is 3.34. The Balaban J connectivity index is 1.62. The number of hydrogen-bond acceptors (Lipinski definition) is 7. The molecule has 1 N–H and O–H groups in total. The fourth-order valence-corrected chi connectivity index (χ4v) is 5.29. The van der Waals surface area contributed by atoms with Crippen molar-refractivity contribution in [3.63, 3.8) is 0 Å². The Labute approximate surface area is 161 Å². The second-order valence-electron chi connectivity index (χ2n) is 6.43. The van der Waals surface area contributed by atoms with Gasteiger partial charge >= 0.3 is 0 Å². The van der Waals surface area contributed by atoms with Gasteiger partial charge in [0.25, 0.3) is 10.0 Å². The van der Waals surface area contributed by atoms with E-state index in [0.29, 0.717) is 29.5 Å². The molecule has 0 aliphatic carbocycles. The number of hydrogen-bond donors (Lipinski definition) is 1. The quantitative estimate of drug-likeness (QED) is 0.838. The van der Waals surface area contributed by atoms with Gasteiger partial charge in [0.15, 0.2) is 5.84 Å². The first-order valence-corrected chi connectivity index (χ1v) is 11.1. The summed E-state index contributed by atoms with van der Waals surface area (Å²) in [7, 11) is -3.72. The monoisotopic (exact) mass is 405 g/mol. The highest BCUT2D eigenvalue weighted by molar-refractivity contribution is 7.90. The molecule has 1 aromatic carbocycles. The van der Waals surface area contributed by atoms with Gasteiger partial charge in [-0.25, -0.2) is 0 Å². The summed E-state index contributed by atoms with van der Waals surface area (Å²) >= 11 is 1.35. The Kier molecular flexibility index (Phi) is 4.68. The van der Waals surface area contributed by atoms with Crippen molar-refractivity contribution in [1.29, 1.82) is 0 Å². The standard InChI is InChI=1S/C17H19N5O3S2/c1-2-14-19-20-17(26-14)18-16(23)12-8-5-6-10-22(12)15-11-7-3-4-9-13(11)27(24,25)21-15/h3-4,7,9,12H,2,5-6,8,10H2,1H3,(H,18,20,23). The molecule has 2 aromatic rings. The molecule has 2 aliphatic heterocycles. The van der Waals surface area contributed by atoms with E-state index in [9.17, 15) is 13.2 Å². The molecule has 1 saturated heterocycles. The fourth-order valence-electron chi connectivity index (χ4n) is 3.39. The SMILES string of the molecule is CCc1nnc(NC(=O)C2CCCCN2C2=NS(=O)(=O)c3ccccc32)s1. The minimum Gasteiger partial charge on any atom is -0.343 e. The van der Waals surface area contributed by atoms with Crippen LogP contribution in [0.2, 0.25) is 0 Å². The van der Waals surface area contributed by atoms with Crippen molar-refractivity contribution in [3.05, 3.63) is 34.8 Å². The first-order chi connectivity index (χ1) is 13.0. The summed E-state index contributed by atoms with van der Waals surface area (Å²) in [5, 5.41) is 12.1. The van der Waals surface area contributed by atoms with Crippen molar-refractivity contribution in [3.8, 4) is 0 Å². The number of piperidine rings is 1. The van der Waals surface area contributed by atoms with Crippen LogP contribution in [0.25, 0.3) is 0 Å². The maximum absolute atomic E-state index is 12.9. The van der Waals surface area contributed by atoms with E-state index in [1.54, 1.807) is 24.3 Å². The third-order valence-corrected chi connectivity index (χ3v) is 7.00. The van der Waals surface area contributed by atoms with Gasteiger partial charge in [0.2, 0.25) is 11.0 Å². The summed E-state index contributed by atoms with van der Waals surface area (Å²) in [6.45, 7) is 2.56. The number of likely N-dealkylation sites (tertiary alicyclic amines) is 1. The van der Waals surface area contributed by atoms with Gasteiger partial charge in [-0.15, -0.1) is 14.6 Å². The zero-order valence-corrected chi connectivity index (χ0v) is 16.4. The van der Waals surface area contributed by atoms with Crippen molar-refractivity contribution in [2.45, 2.75) is 43.5 Å². The molecule has 1 amide bonds. The fraction of sp³-hybridized carbons (Fsp3) is 0.412. The number of carbonyl (C=O) groups excluding carboxylic acids is 1. The maximum atomic E-state index is 12.9. The number of sulfonamides is 1. The zero-order valence-electron chi connectivity index (χ0n) is 14.8. The van der Waals surface area contributed by atoms with Gasteiger partial charge in [0.1, 0.15) is 15.9 Å². The number of benzene rings is 1. The molecule has 8 nitrogen and oxygen atoms in total. The lowest BCUT2D eigenvalue weighted by Crippen LogP contribution is -2.50. The van der Waals surface area contributed by atoms with Gasteiger partial charge in [0.05, 0.1) is 0 Å². The van der Waals surface area contributed by atoms with Crippen molar-refractivity contribution in [2.24, 2.45) is 4.40 Å². The molecule has 0 spiro atoms. The first-order valence-electron chi connectivity index (χ1n) is 8.84. The number of amidine groups is 1. The van der Waals surface area contributed by atoms with E-state index in [4.69, 9.17) is 0 Å². The van der Waals surface area contributed by atoms with Crippen molar-refractivity contribution in [1.82, 2.24) is 15.1 Å². The number of carbonyl (C=O) groups is 1. The molecule has 0 radical (unpaired) electrons. The van der Waals surface area contributed by atoms with Crippen LogP contribution in [-0.4, -0.2) is 47.8 Å². The van der Waals surface area contributed by atoms with Crippen LogP contribution in [-0.2, 0) is 21.2 Å². The summed E-state index contributed by atoms with van der Waals surface area (Å²) in [6.07, 6.45) is 3.16. The summed E-state index contributed by atoms with van der Waals surface area (Å²) in [5.74, 6) is 0.148. The lowest BCUT2D eigenvalue weighted by Gasteiger charge is -2.35. The Bertz CT molecular complexity index is 1020. The van der Waals surface area contributed by atoms with Crippen LogP contribution in [0.15, 0.2) is 33.6 Å². The van der Waals surface area contributed by atoms with E-state index in [-0.39, 0.29) is 10.8 Å². The van der Waals surface area contributed by atoms with Crippen molar-refractivity contribution < 1.29 is 13.2 Å². The summed E-state index contributed by atoms with van der Waals surface area (Å²) in [5.41, 5.74) is 0.557. The van der Waals surface area contributed by atoms with Crippen LogP contribution < -0.4 is 5.32 Å². The largest absolute Gasteiger partial charge is 0.343 e. The lowest BCUT2D eigenvalue weighted by molar-refractivity contribution is -0.120. The number of amides is 1. The predicted molar refractivity (Wildman–Crippen MR) is 102 cm³/mol. The number of fused-ring (bicyclic) bond motifs is 1. The number of aryl methyl sites for hydroxylation is 1. The molecule has 3 heterocycles. The molecule has 0 saturated carbocycles. The first kappa shape index (κ1) is 18.1. The van der Waals surface area contributed by atoms with Gasteiger partial charge in [-0.05, 0) is 37.8 Å². The minimum absolute atomic E-state index is 0.196. The molecule has 27 heavy (non-hydrogen) atoms. The molecule has 1 aromatic heterocycles. The molecule has 4 rings (SSSR count). The van der Waals surface area contributed by atoms with E-state index < -0.39 is 16.1 Å². The van der Waals surface area contributed by atoms with Gasteiger partial charge < -0.3 is 4.90 Å². The molecule has 1 fully saturated rings. The molecule has 10 heteroatoms. The topological polar surface area (TPSA) is 105 Å². The van der Waals surface area contributed by atoms with E-state index in [2.05, 4.69) is 19.9 Å². The van der Waals surface area contributed by atoms with E-state index >= 15 is 0 Å². The molecule has 2 aliphatic rings. The van der Waals surface area contributed by atoms with Gasteiger partial charge in [-0.2, -0.15) is 8.42 Å². The van der Waals surface area contributed by atoms with Crippen LogP contribution in [0.4, 0.5) is 5.13 Å². The number of anilines is 1. The second kappa shape index (κ2) is 7.01. The Morgan fingerprint density at radius 2 is 2.11 bits per heavy atom. The number of rotatable bonds is 3. The van der Waals surface area contributed by atoms with Crippen LogP contribution in [0.3, 0.4) is 0 Å². The highest BCUT2D eigenvalue weighted by Gasteiger charge is 2.38. The number of nitrogens with one attached hydrogen (secondary N) is 1. The van der Waals surface area contributed by atoms with Crippen LogP contribution in [0, 0.1) is 0 Å². The lowest BCUT2D eigenvalue weighted by atomic mass is 10.00. The molecule has 0 bridgehead atoms. The average Bonchev–Trinajstić information content (AvgIpc) is 3.24. The Morgan fingerprint density at radius 3 is 2.89 bits per heavy atom. The molecular formula is C17H19N5O3S2. The van der Waals surface area contributed by atoms with E-state index in [0.717, 1.165) is 24.3 Å². The number of aromatic nitrogens is 2. The highest BCUT2D eigenvalue weighted by Crippen LogP contribution is 2.31. The molecule has 1 atom stereocenters. The minimum atomic E-state index is -3.72. The second-order valence-corrected chi connectivity index (χ2v) is 9.07. The third-order valence-electron chi connectivity index (χ3n) is 4.69. The van der Waals surface area contributed by atoms with E-state index in [1.165, 1.54) is 11.3 Å². The Morgan fingerprint density at radius 1 is 1.30 bits per heavy atom. The maximum Gasteiger partial charge on any atom is 0.285 e. The normalized spacial score (nSPS) is 20.9.